The molecule has 7 heteroatoms. The molecule has 0 bridgehead atoms. The standard InChI is InChI=1S/C24H24N4O3/c1-2-3-4-16-5-7-18(8-6-16)27-24-28-20-14-19(9-10-22(20)31-24)30-15-17-11-12-26-21(13-17)23(25)29/h5-14H,2-4,15H2,1H3,(H2,25,29)(H,27,28). The second-order valence-corrected chi connectivity index (χ2v) is 7.28. The minimum atomic E-state index is -0.568. The number of nitrogens with zero attached hydrogens (tertiary/aromatic N) is 2. The van der Waals surface area contributed by atoms with E-state index in [0.717, 1.165) is 17.7 Å². The van der Waals surface area contributed by atoms with Crippen LogP contribution in [0.4, 0.5) is 11.7 Å². The number of pyridine rings is 1. The molecule has 0 atom stereocenters. The van der Waals surface area contributed by atoms with Gasteiger partial charge in [-0.05, 0) is 60.4 Å². The Kier molecular flexibility index (Phi) is 6.12. The van der Waals surface area contributed by atoms with Crippen LogP contribution in [0.15, 0.2) is 65.2 Å². The van der Waals surface area contributed by atoms with Crippen molar-refractivity contribution in [2.45, 2.75) is 32.8 Å². The summed E-state index contributed by atoms with van der Waals surface area (Å²) in [4.78, 5) is 19.7. The molecule has 0 fully saturated rings. The highest BCUT2D eigenvalue weighted by Crippen LogP contribution is 2.26. The lowest BCUT2D eigenvalue weighted by atomic mass is 10.1. The van der Waals surface area contributed by atoms with E-state index >= 15 is 0 Å². The van der Waals surface area contributed by atoms with Crippen molar-refractivity contribution in [1.82, 2.24) is 9.97 Å². The van der Waals surface area contributed by atoms with Gasteiger partial charge < -0.3 is 20.2 Å². The number of rotatable bonds is 9. The van der Waals surface area contributed by atoms with E-state index in [1.54, 1.807) is 12.1 Å². The third kappa shape index (κ3) is 5.19. The van der Waals surface area contributed by atoms with Gasteiger partial charge in [0, 0.05) is 18.0 Å². The number of oxazole rings is 1. The molecule has 4 rings (SSSR count). The van der Waals surface area contributed by atoms with Crippen LogP contribution in [0.25, 0.3) is 11.1 Å². The molecule has 0 spiro atoms. The van der Waals surface area contributed by atoms with Crippen LogP contribution in [0.3, 0.4) is 0 Å². The summed E-state index contributed by atoms with van der Waals surface area (Å²) in [6.07, 6.45) is 5.00. The normalized spacial score (nSPS) is 10.9. The van der Waals surface area contributed by atoms with Crippen molar-refractivity contribution in [1.29, 1.82) is 0 Å². The van der Waals surface area contributed by atoms with E-state index in [4.69, 9.17) is 14.9 Å². The smallest absolute Gasteiger partial charge is 0.300 e. The van der Waals surface area contributed by atoms with Gasteiger partial charge in [0.15, 0.2) is 5.58 Å². The molecular weight excluding hydrogens is 392 g/mol. The number of fused-ring (bicyclic) bond motifs is 1. The third-order valence-electron chi connectivity index (χ3n) is 4.87. The van der Waals surface area contributed by atoms with Crippen LogP contribution in [-0.2, 0) is 13.0 Å². The lowest BCUT2D eigenvalue weighted by molar-refractivity contribution is 0.0995. The van der Waals surface area contributed by atoms with Crippen LogP contribution in [0, 0.1) is 0 Å². The van der Waals surface area contributed by atoms with Crippen molar-refractivity contribution >= 4 is 28.7 Å². The van der Waals surface area contributed by atoms with E-state index in [-0.39, 0.29) is 12.3 Å². The topological polar surface area (TPSA) is 103 Å². The maximum absolute atomic E-state index is 11.3. The monoisotopic (exact) mass is 416 g/mol. The Bertz CT molecular complexity index is 1190. The van der Waals surface area contributed by atoms with Gasteiger partial charge in [-0.2, -0.15) is 4.98 Å². The van der Waals surface area contributed by atoms with E-state index in [1.807, 2.05) is 30.3 Å². The van der Waals surface area contributed by atoms with Crippen LogP contribution >= 0.6 is 0 Å². The lowest BCUT2D eigenvalue weighted by Crippen LogP contribution is -2.13. The lowest BCUT2D eigenvalue weighted by Gasteiger charge is -2.06. The Morgan fingerprint density at radius 1 is 1.10 bits per heavy atom. The first-order valence-electron chi connectivity index (χ1n) is 10.2. The van der Waals surface area contributed by atoms with Gasteiger partial charge in [-0.3, -0.25) is 9.78 Å². The third-order valence-corrected chi connectivity index (χ3v) is 4.87. The number of hydrogen-bond donors (Lipinski definition) is 2. The predicted molar refractivity (Wildman–Crippen MR) is 119 cm³/mol. The maximum Gasteiger partial charge on any atom is 0.300 e. The molecule has 0 radical (unpaired) electrons. The summed E-state index contributed by atoms with van der Waals surface area (Å²) in [5.74, 6) is 0.0755. The summed E-state index contributed by atoms with van der Waals surface area (Å²) in [5.41, 5.74) is 9.87. The molecule has 1 amide bonds. The highest BCUT2D eigenvalue weighted by atomic mass is 16.5. The predicted octanol–water partition coefficient (Wildman–Crippen LogP) is 4.99. The van der Waals surface area contributed by atoms with Gasteiger partial charge in [0.2, 0.25) is 0 Å². The van der Waals surface area contributed by atoms with Gasteiger partial charge in [0.1, 0.15) is 23.6 Å². The first-order chi connectivity index (χ1) is 15.1. The van der Waals surface area contributed by atoms with Crippen molar-refractivity contribution in [3.63, 3.8) is 0 Å². The van der Waals surface area contributed by atoms with E-state index in [0.29, 0.717) is 22.9 Å². The molecule has 3 N–H and O–H groups in total. The zero-order valence-corrected chi connectivity index (χ0v) is 17.3. The molecule has 0 unspecified atom stereocenters. The molecule has 2 aromatic heterocycles. The number of anilines is 2. The number of aromatic nitrogens is 2. The number of aryl methyl sites for hydroxylation is 1. The van der Waals surface area contributed by atoms with Crippen LogP contribution in [-0.4, -0.2) is 15.9 Å². The number of carbonyl (C=O) groups is 1. The van der Waals surface area contributed by atoms with E-state index in [1.165, 1.54) is 24.6 Å². The summed E-state index contributed by atoms with van der Waals surface area (Å²) >= 11 is 0. The van der Waals surface area contributed by atoms with Crippen molar-refractivity contribution in [2.75, 3.05) is 5.32 Å². The van der Waals surface area contributed by atoms with Crippen LogP contribution in [0.2, 0.25) is 0 Å². The van der Waals surface area contributed by atoms with Gasteiger partial charge in [0.25, 0.3) is 11.9 Å². The van der Waals surface area contributed by atoms with Gasteiger partial charge in [0.05, 0.1) is 0 Å². The van der Waals surface area contributed by atoms with Crippen LogP contribution in [0.1, 0.15) is 41.4 Å². The van der Waals surface area contributed by atoms with Gasteiger partial charge >= 0.3 is 0 Å². The summed E-state index contributed by atoms with van der Waals surface area (Å²) < 4.78 is 11.6. The Morgan fingerprint density at radius 2 is 1.94 bits per heavy atom. The molecule has 2 heterocycles. The Morgan fingerprint density at radius 3 is 2.71 bits per heavy atom. The average molecular weight is 416 g/mol. The van der Waals surface area contributed by atoms with Crippen LogP contribution < -0.4 is 15.8 Å². The number of hydrogen-bond acceptors (Lipinski definition) is 6. The largest absolute Gasteiger partial charge is 0.489 e. The molecule has 2 aromatic carbocycles. The number of carbonyl (C=O) groups excluding carboxylic acids is 1. The Balaban J connectivity index is 1.42. The van der Waals surface area contributed by atoms with E-state index < -0.39 is 5.91 Å². The van der Waals surface area contributed by atoms with E-state index in [9.17, 15) is 4.79 Å². The molecule has 7 nitrogen and oxygen atoms in total. The molecule has 0 saturated carbocycles. The fourth-order valence-electron chi connectivity index (χ4n) is 3.18. The second-order valence-electron chi connectivity index (χ2n) is 7.28. The zero-order valence-electron chi connectivity index (χ0n) is 17.3. The number of benzene rings is 2. The number of ether oxygens (including phenoxy) is 1. The molecule has 31 heavy (non-hydrogen) atoms. The molecular formula is C24H24N4O3. The van der Waals surface area contributed by atoms with Gasteiger partial charge in [-0.1, -0.05) is 25.5 Å². The first-order valence-corrected chi connectivity index (χ1v) is 10.2. The summed E-state index contributed by atoms with van der Waals surface area (Å²) in [6.45, 7) is 2.47. The number of nitrogens with two attached hydrogens (primary N) is 1. The number of amides is 1. The maximum atomic E-state index is 11.3. The van der Waals surface area contributed by atoms with Crippen molar-refractivity contribution in [2.24, 2.45) is 5.73 Å². The Labute approximate surface area is 180 Å². The molecule has 0 saturated heterocycles. The van der Waals surface area contributed by atoms with Crippen molar-refractivity contribution in [3.05, 3.63) is 77.6 Å². The highest BCUT2D eigenvalue weighted by Gasteiger charge is 2.09. The van der Waals surface area contributed by atoms with Crippen molar-refractivity contribution < 1.29 is 13.9 Å². The summed E-state index contributed by atoms with van der Waals surface area (Å²) in [5, 5.41) is 3.20. The SMILES string of the molecule is CCCCc1ccc(Nc2nc3cc(OCc4ccnc(C(N)=O)c4)ccc3o2)cc1. The number of unbranched alkanes of at least 4 members (excludes halogenated alkanes) is 1. The molecule has 4 aromatic rings. The van der Waals surface area contributed by atoms with Gasteiger partial charge in [-0.25, -0.2) is 0 Å². The highest BCUT2D eigenvalue weighted by molar-refractivity contribution is 5.90. The minimum Gasteiger partial charge on any atom is -0.489 e. The quantitative estimate of drug-likeness (QED) is 0.398. The average Bonchev–Trinajstić information content (AvgIpc) is 3.19. The Hall–Kier alpha value is -3.87. The van der Waals surface area contributed by atoms with Crippen molar-refractivity contribution in [3.8, 4) is 5.75 Å². The van der Waals surface area contributed by atoms with Crippen LogP contribution in [0.5, 0.6) is 5.75 Å². The molecule has 0 aliphatic heterocycles. The van der Waals surface area contributed by atoms with E-state index in [2.05, 4.69) is 34.3 Å². The number of nitrogens with one attached hydrogen (secondary N) is 1. The molecule has 158 valence electrons. The fraction of sp³-hybridized carbons (Fsp3) is 0.208. The first kappa shape index (κ1) is 20.4. The summed E-state index contributed by atoms with van der Waals surface area (Å²) in [6, 6.07) is 17.6. The summed E-state index contributed by atoms with van der Waals surface area (Å²) in [7, 11) is 0. The van der Waals surface area contributed by atoms with Gasteiger partial charge in [-0.15, -0.1) is 0 Å². The number of primary amides is 1. The molecule has 0 aliphatic carbocycles. The zero-order chi connectivity index (χ0) is 21.6. The second kappa shape index (κ2) is 9.30. The fourth-order valence-corrected chi connectivity index (χ4v) is 3.18. The molecule has 0 aliphatic rings. The minimum absolute atomic E-state index is 0.210.